The van der Waals surface area contributed by atoms with Gasteiger partial charge in [-0.2, -0.15) is 0 Å². The largest absolute Gasteiger partial charge is 0.495 e. The van der Waals surface area contributed by atoms with Crippen LogP contribution in [0.25, 0.3) is 0 Å². The molecule has 6 nitrogen and oxygen atoms in total. The Morgan fingerprint density at radius 2 is 1.81 bits per heavy atom. The van der Waals surface area contributed by atoms with E-state index in [0.29, 0.717) is 41.1 Å². The third-order valence-electron chi connectivity index (χ3n) is 4.53. The van der Waals surface area contributed by atoms with Crippen molar-refractivity contribution in [2.45, 2.75) is 13.2 Å². The van der Waals surface area contributed by atoms with E-state index in [1.54, 1.807) is 13.2 Å². The van der Waals surface area contributed by atoms with Gasteiger partial charge in [0.1, 0.15) is 12.4 Å². The zero-order valence-electron chi connectivity index (χ0n) is 16.9. The summed E-state index contributed by atoms with van der Waals surface area (Å²) in [7, 11) is 3.11. The van der Waals surface area contributed by atoms with Crippen LogP contribution in [0.5, 0.6) is 17.2 Å². The summed E-state index contributed by atoms with van der Waals surface area (Å²) in [4.78, 5) is 11.3. The highest BCUT2D eigenvalue weighted by atomic mass is 79.9. The van der Waals surface area contributed by atoms with Gasteiger partial charge >= 0.3 is 5.97 Å². The maximum absolute atomic E-state index is 11.3. The van der Waals surface area contributed by atoms with Crippen molar-refractivity contribution >= 4 is 39.2 Å². The summed E-state index contributed by atoms with van der Waals surface area (Å²) in [5.74, 6) is 0.709. The van der Waals surface area contributed by atoms with Crippen molar-refractivity contribution in [1.82, 2.24) is 0 Å². The monoisotopic (exact) mass is 505 g/mol. The van der Waals surface area contributed by atoms with Crippen molar-refractivity contribution in [3.8, 4) is 17.2 Å². The molecule has 2 N–H and O–H groups in total. The molecule has 0 aliphatic carbocycles. The number of hydrogen-bond acceptors (Lipinski definition) is 5. The van der Waals surface area contributed by atoms with Gasteiger partial charge in [0.2, 0.25) is 0 Å². The van der Waals surface area contributed by atoms with E-state index in [2.05, 4.69) is 21.2 Å². The highest BCUT2D eigenvalue weighted by Gasteiger charge is 2.13. The molecule has 0 radical (unpaired) electrons. The number of rotatable bonds is 9. The summed E-state index contributed by atoms with van der Waals surface area (Å²) >= 11 is 9.60. The van der Waals surface area contributed by atoms with Crippen LogP contribution in [-0.2, 0) is 13.2 Å². The fourth-order valence-electron chi connectivity index (χ4n) is 2.94. The molecular weight excluding hydrogens is 486 g/mol. The summed E-state index contributed by atoms with van der Waals surface area (Å²) in [6.07, 6.45) is 0. The van der Waals surface area contributed by atoms with E-state index in [-0.39, 0.29) is 5.56 Å². The topological polar surface area (TPSA) is 77.0 Å². The van der Waals surface area contributed by atoms with Crippen LogP contribution in [0.15, 0.2) is 59.1 Å². The normalized spacial score (nSPS) is 10.5. The lowest BCUT2D eigenvalue weighted by Crippen LogP contribution is -2.05. The van der Waals surface area contributed by atoms with Gasteiger partial charge in [-0.1, -0.05) is 39.7 Å². The molecule has 162 valence electrons. The van der Waals surface area contributed by atoms with Crippen LogP contribution in [0, 0.1) is 0 Å². The highest BCUT2D eigenvalue weighted by Crippen LogP contribution is 2.35. The smallest absolute Gasteiger partial charge is 0.335 e. The molecule has 0 unspecified atom stereocenters. The maximum atomic E-state index is 11.3. The van der Waals surface area contributed by atoms with Crippen molar-refractivity contribution in [2.75, 3.05) is 19.5 Å². The average molecular weight is 507 g/mol. The Balaban J connectivity index is 1.77. The number of carboxylic acid groups (broad SMARTS) is 1. The van der Waals surface area contributed by atoms with Crippen LogP contribution in [0.3, 0.4) is 0 Å². The quantitative estimate of drug-likeness (QED) is 0.370. The van der Waals surface area contributed by atoms with Crippen molar-refractivity contribution in [2.24, 2.45) is 0 Å². The Hall–Kier alpha value is -2.90. The zero-order chi connectivity index (χ0) is 22.4. The van der Waals surface area contributed by atoms with E-state index in [1.165, 1.54) is 19.2 Å². The standard InChI is InChI=1S/C23H21BrClNO5/c1-29-20-7-6-15(23(27)28)9-19(20)26-12-16-10-21(30-2)22(11-18(16)24)31-13-14-4-3-5-17(25)8-14/h3-11,26H,12-13H2,1-2H3,(H,27,28). The molecule has 0 spiro atoms. The Labute approximate surface area is 193 Å². The van der Waals surface area contributed by atoms with Crippen LogP contribution in [0.4, 0.5) is 5.69 Å². The minimum Gasteiger partial charge on any atom is -0.495 e. The Bertz CT molecular complexity index is 1090. The lowest BCUT2D eigenvalue weighted by molar-refractivity contribution is 0.0697. The highest BCUT2D eigenvalue weighted by molar-refractivity contribution is 9.10. The van der Waals surface area contributed by atoms with Gasteiger partial charge in [0.05, 0.1) is 25.5 Å². The van der Waals surface area contributed by atoms with Gasteiger partial charge < -0.3 is 24.6 Å². The van der Waals surface area contributed by atoms with E-state index in [4.69, 9.17) is 25.8 Å². The van der Waals surface area contributed by atoms with Gasteiger partial charge in [0.15, 0.2) is 11.5 Å². The van der Waals surface area contributed by atoms with E-state index in [1.807, 2.05) is 36.4 Å². The number of halogens is 2. The fourth-order valence-corrected chi connectivity index (χ4v) is 3.62. The molecule has 0 fully saturated rings. The lowest BCUT2D eigenvalue weighted by atomic mass is 10.1. The minimum atomic E-state index is -1.00. The molecule has 0 aliphatic rings. The summed E-state index contributed by atoms with van der Waals surface area (Å²) in [5, 5.41) is 13.1. The molecule has 0 aliphatic heterocycles. The number of hydrogen-bond donors (Lipinski definition) is 2. The fraction of sp³-hybridized carbons (Fsp3) is 0.174. The number of aromatic carboxylic acids is 1. The van der Waals surface area contributed by atoms with Crippen LogP contribution < -0.4 is 19.5 Å². The molecule has 0 bridgehead atoms. The second kappa shape index (κ2) is 10.4. The molecule has 3 aromatic rings. The van der Waals surface area contributed by atoms with Gasteiger partial charge in [-0.25, -0.2) is 4.79 Å². The molecule has 31 heavy (non-hydrogen) atoms. The van der Waals surface area contributed by atoms with Gasteiger partial charge in [0, 0.05) is 16.0 Å². The number of carboxylic acids is 1. The van der Waals surface area contributed by atoms with Crippen LogP contribution in [0.2, 0.25) is 5.02 Å². The first-order valence-corrected chi connectivity index (χ1v) is 10.5. The number of anilines is 1. The summed E-state index contributed by atoms with van der Waals surface area (Å²) in [6, 6.07) is 15.8. The summed E-state index contributed by atoms with van der Waals surface area (Å²) in [5.41, 5.74) is 2.59. The molecule has 0 amide bonds. The van der Waals surface area contributed by atoms with Crippen LogP contribution in [-0.4, -0.2) is 25.3 Å². The molecule has 3 rings (SSSR count). The second-order valence-electron chi connectivity index (χ2n) is 6.59. The van der Waals surface area contributed by atoms with E-state index in [9.17, 15) is 9.90 Å². The first kappa shape index (κ1) is 22.8. The van der Waals surface area contributed by atoms with E-state index in [0.717, 1.165) is 15.6 Å². The predicted octanol–water partition coefficient (Wildman–Crippen LogP) is 6.01. The Morgan fingerprint density at radius 1 is 1.03 bits per heavy atom. The zero-order valence-corrected chi connectivity index (χ0v) is 19.3. The molecule has 0 heterocycles. The van der Waals surface area contributed by atoms with E-state index >= 15 is 0 Å². The Morgan fingerprint density at radius 3 is 2.48 bits per heavy atom. The molecular formula is C23H21BrClNO5. The Kier molecular flexibility index (Phi) is 7.65. The van der Waals surface area contributed by atoms with E-state index < -0.39 is 5.97 Å². The first-order chi connectivity index (χ1) is 14.9. The summed E-state index contributed by atoms with van der Waals surface area (Å²) in [6.45, 7) is 0.755. The molecule has 0 saturated heterocycles. The minimum absolute atomic E-state index is 0.171. The third kappa shape index (κ3) is 5.83. The van der Waals surface area contributed by atoms with Crippen LogP contribution in [0.1, 0.15) is 21.5 Å². The average Bonchev–Trinajstić information content (AvgIpc) is 2.76. The van der Waals surface area contributed by atoms with Gasteiger partial charge in [-0.05, 0) is 53.6 Å². The van der Waals surface area contributed by atoms with Crippen molar-refractivity contribution in [3.05, 3.63) is 80.8 Å². The maximum Gasteiger partial charge on any atom is 0.335 e. The number of methoxy groups -OCH3 is 2. The van der Waals surface area contributed by atoms with Gasteiger partial charge in [-0.15, -0.1) is 0 Å². The molecule has 0 saturated carbocycles. The summed E-state index contributed by atoms with van der Waals surface area (Å²) < 4.78 is 17.6. The molecule has 8 heteroatoms. The molecule has 0 aromatic heterocycles. The second-order valence-corrected chi connectivity index (χ2v) is 7.88. The van der Waals surface area contributed by atoms with Gasteiger partial charge in [-0.3, -0.25) is 0 Å². The number of nitrogens with one attached hydrogen (secondary N) is 1. The van der Waals surface area contributed by atoms with Crippen molar-refractivity contribution < 1.29 is 24.1 Å². The lowest BCUT2D eigenvalue weighted by Gasteiger charge is -2.16. The van der Waals surface area contributed by atoms with Crippen molar-refractivity contribution in [3.63, 3.8) is 0 Å². The number of ether oxygens (including phenoxy) is 3. The molecule has 3 aromatic carbocycles. The van der Waals surface area contributed by atoms with Crippen molar-refractivity contribution in [1.29, 1.82) is 0 Å². The number of benzene rings is 3. The third-order valence-corrected chi connectivity index (χ3v) is 5.51. The van der Waals surface area contributed by atoms with Crippen LogP contribution >= 0.6 is 27.5 Å². The number of carbonyl (C=O) groups is 1. The first-order valence-electron chi connectivity index (χ1n) is 9.30. The molecule has 0 atom stereocenters. The predicted molar refractivity (Wildman–Crippen MR) is 124 cm³/mol. The SMILES string of the molecule is COc1ccc(C(=O)O)cc1NCc1cc(OC)c(OCc2cccc(Cl)c2)cc1Br. The van der Waals surface area contributed by atoms with Gasteiger partial charge in [0.25, 0.3) is 0 Å².